The molecule has 1 atom stereocenters. The van der Waals surface area contributed by atoms with Gasteiger partial charge in [0, 0.05) is 44.0 Å². The Kier molecular flexibility index (Phi) is 5.52. The summed E-state index contributed by atoms with van der Waals surface area (Å²) in [4.78, 5) is 55.1. The number of urea groups is 1. The van der Waals surface area contributed by atoms with Crippen LogP contribution in [-0.4, -0.2) is 61.1 Å². The maximum absolute atomic E-state index is 13.4. The number of ether oxygens (including phenoxy) is 2. The average Bonchev–Trinajstić information content (AvgIpc) is 3.35. The first kappa shape index (κ1) is 23.3. The van der Waals surface area contributed by atoms with Gasteiger partial charge in [0.2, 0.25) is 24.5 Å². The van der Waals surface area contributed by atoms with Gasteiger partial charge in [-0.15, -0.1) is 0 Å². The standard InChI is InChI=1S/C26H27N5O6/c1-2-22(32)27-17-4-5-18-16(10-17)11-26(23(33)28-25(35)29-24(26)34)21-13-30(7-8-31(18)21)12-15-3-6-19-20(9-15)37-14-36-19/h3-6,9-10,21H,2,7-8,11-14H2,1H3,(H,27,32)(H2,28,29,33,34,35). The summed E-state index contributed by atoms with van der Waals surface area (Å²) in [7, 11) is 0. The van der Waals surface area contributed by atoms with Crippen LogP contribution in [0.1, 0.15) is 24.5 Å². The lowest BCUT2D eigenvalue weighted by atomic mass is 9.68. The molecule has 0 aromatic heterocycles. The molecule has 192 valence electrons. The van der Waals surface area contributed by atoms with Gasteiger partial charge in [0.25, 0.3) is 0 Å². The van der Waals surface area contributed by atoms with E-state index in [4.69, 9.17) is 9.47 Å². The minimum Gasteiger partial charge on any atom is -0.454 e. The maximum atomic E-state index is 13.4. The maximum Gasteiger partial charge on any atom is 0.328 e. The van der Waals surface area contributed by atoms with Gasteiger partial charge in [0.05, 0.1) is 6.04 Å². The summed E-state index contributed by atoms with van der Waals surface area (Å²) in [5.74, 6) is 0.0877. The van der Waals surface area contributed by atoms with Crippen molar-refractivity contribution in [1.29, 1.82) is 0 Å². The fourth-order valence-corrected chi connectivity index (χ4v) is 5.77. The van der Waals surface area contributed by atoms with Crippen LogP contribution in [0.2, 0.25) is 0 Å². The third kappa shape index (κ3) is 3.86. The first-order valence-electron chi connectivity index (χ1n) is 12.3. The van der Waals surface area contributed by atoms with Gasteiger partial charge in [-0.3, -0.25) is 29.9 Å². The van der Waals surface area contributed by atoms with Gasteiger partial charge in [0.1, 0.15) is 0 Å². The normalized spacial score (nSPS) is 21.7. The van der Waals surface area contributed by atoms with E-state index in [1.807, 2.05) is 36.4 Å². The van der Waals surface area contributed by atoms with Crippen molar-refractivity contribution in [2.24, 2.45) is 5.41 Å². The lowest BCUT2D eigenvalue weighted by molar-refractivity contribution is -0.147. The van der Waals surface area contributed by atoms with Crippen molar-refractivity contribution < 1.29 is 28.7 Å². The molecule has 3 N–H and O–H groups in total. The second kappa shape index (κ2) is 8.77. The molecule has 4 heterocycles. The average molecular weight is 506 g/mol. The minimum absolute atomic E-state index is 0.113. The van der Waals surface area contributed by atoms with E-state index in [0.717, 1.165) is 16.8 Å². The molecule has 4 aliphatic heterocycles. The molecule has 11 nitrogen and oxygen atoms in total. The highest BCUT2D eigenvalue weighted by Crippen LogP contribution is 2.45. The number of nitrogens with zero attached hydrogens (tertiary/aromatic N) is 2. The zero-order valence-corrected chi connectivity index (χ0v) is 20.3. The molecular weight excluding hydrogens is 478 g/mol. The highest BCUT2D eigenvalue weighted by atomic mass is 16.7. The molecule has 0 bridgehead atoms. The number of piperazine rings is 1. The van der Waals surface area contributed by atoms with Crippen molar-refractivity contribution >= 4 is 35.1 Å². The minimum atomic E-state index is -1.50. The summed E-state index contributed by atoms with van der Waals surface area (Å²) in [5.41, 5.74) is 1.83. The number of hydrogen-bond acceptors (Lipinski definition) is 8. The molecule has 2 fully saturated rings. The molecule has 37 heavy (non-hydrogen) atoms. The van der Waals surface area contributed by atoms with Crippen molar-refractivity contribution in [3.8, 4) is 11.5 Å². The van der Waals surface area contributed by atoms with Crippen LogP contribution in [0.4, 0.5) is 16.2 Å². The Balaban J connectivity index is 1.34. The fraction of sp³-hybridized carbons (Fsp3) is 0.385. The van der Waals surface area contributed by atoms with Crippen molar-refractivity contribution in [3.63, 3.8) is 0 Å². The molecule has 0 aliphatic carbocycles. The Morgan fingerprint density at radius 1 is 1.05 bits per heavy atom. The summed E-state index contributed by atoms with van der Waals surface area (Å²) in [6.07, 6.45) is 0.448. The predicted molar refractivity (Wildman–Crippen MR) is 132 cm³/mol. The van der Waals surface area contributed by atoms with Crippen LogP contribution in [0.25, 0.3) is 0 Å². The van der Waals surface area contributed by atoms with Gasteiger partial charge >= 0.3 is 6.03 Å². The number of amides is 5. The van der Waals surface area contributed by atoms with Crippen LogP contribution >= 0.6 is 0 Å². The van der Waals surface area contributed by atoms with Crippen molar-refractivity contribution in [2.75, 3.05) is 36.6 Å². The van der Waals surface area contributed by atoms with E-state index < -0.39 is 29.3 Å². The number of carbonyl (C=O) groups excluding carboxylic acids is 4. The summed E-state index contributed by atoms with van der Waals surface area (Å²) in [5, 5.41) is 7.50. The highest BCUT2D eigenvalue weighted by Gasteiger charge is 2.60. The van der Waals surface area contributed by atoms with Gasteiger partial charge in [-0.1, -0.05) is 13.0 Å². The Labute approximate surface area is 213 Å². The molecule has 4 aliphatic rings. The van der Waals surface area contributed by atoms with Gasteiger partial charge < -0.3 is 19.7 Å². The summed E-state index contributed by atoms with van der Waals surface area (Å²) >= 11 is 0. The Bertz CT molecular complexity index is 1310. The SMILES string of the molecule is CCC(=O)Nc1ccc2c(c1)CC1(C(=O)NC(=O)NC1=O)C1CN(Cc3ccc4c(c3)OCO4)CCN21. The van der Waals surface area contributed by atoms with E-state index in [9.17, 15) is 19.2 Å². The van der Waals surface area contributed by atoms with E-state index in [-0.39, 0.29) is 19.1 Å². The molecule has 5 amide bonds. The zero-order valence-electron chi connectivity index (χ0n) is 20.3. The first-order chi connectivity index (χ1) is 17.9. The summed E-state index contributed by atoms with van der Waals surface area (Å²) in [6, 6.07) is 10.1. The van der Waals surface area contributed by atoms with Crippen LogP contribution in [0.3, 0.4) is 0 Å². The second-order valence-corrected chi connectivity index (χ2v) is 9.76. The van der Waals surface area contributed by atoms with Crippen LogP contribution in [0.15, 0.2) is 36.4 Å². The number of carbonyl (C=O) groups is 4. The monoisotopic (exact) mass is 505 g/mol. The number of anilines is 2. The zero-order chi connectivity index (χ0) is 25.7. The number of rotatable bonds is 4. The van der Waals surface area contributed by atoms with Crippen molar-refractivity contribution in [1.82, 2.24) is 15.5 Å². The third-order valence-corrected chi connectivity index (χ3v) is 7.60. The predicted octanol–water partition coefficient (Wildman–Crippen LogP) is 1.36. The molecule has 2 aromatic rings. The molecule has 6 rings (SSSR count). The van der Waals surface area contributed by atoms with Crippen LogP contribution < -0.4 is 30.3 Å². The molecule has 2 aromatic carbocycles. The summed E-state index contributed by atoms with van der Waals surface area (Å²) < 4.78 is 10.9. The third-order valence-electron chi connectivity index (χ3n) is 7.60. The lowest BCUT2D eigenvalue weighted by Gasteiger charge is -2.54. The smallest absolute Gasteiger partial charge is 0.328 e. The van der Waals surface area contributed by atoms with Gasteiger partial charge in [0.15, 0.2) is 16.9 Å². The molecule has 11 heteroatoms. The molecule has 2 saturated heterocycles. The number of barbiturate groups is 1. The van der Waals surface area contributed by atoms with Crippen LogP contribution in [-0.2, 0) is 27.3 Å². The molecule has 0 radical (unpaired) electrons. The number of imide groups is 2. The van der Waals surface area contributed by atoms with E-state index in [2.05, 4.69) is 25.8 Å². The largest absolute Gasteiger partial charge is 0.454 e. The van der Waals surface area contributed by atoms with Crippen molar-refractivity contribution in [3.05, 3.63) is 47.5 Å². The lowest BCUT2D eigenvalue weighted by Crippen LogP contribution is -2.74. The molecule has 0 saturated carbocycles. The van der Waals surface area contributed by atoms with Crippen LogP contribution in [0, 0.1) is 5.41 Å². The highest BCUT2D eigenvalue weighted by molar-refractivity contribution is 6.20. The summed E-state index contributed by atoms with van der Waals surface area (Å²) in [6.45, 7) is 4.31. The van der Waals surface area contributed by atoms with E-state index in [1.54, 1.807) is 6.92 Å². The Hall–Kier alpha value is -4.12. The quantitative estimate of drug-likeness (QED) is 0.532. The van der Waals surface area contributed by atoms with E-state index in [1.165, 1.54) is 0 Å². The number of hydrogen-bond donors (Lipinski definition) is 3. The number of nitrogens with one attached hydrogen (secondary N) is 3. The van der Waals surface area contributed by atoms with Gasteiger partial charge in [-0.05, 0) is 47.9 Å². The number of fused-ring (bicyclic) bond motifs is 5. The molecular formula is C26H27N5O6. The molecule has 1 unspecified atom stereocenters. The van der Waals surface area contributed by atoms with E-state index in [0.29, 0.717) is 49.8 Å². The Morgan fingerprint density at radius 3 is 2.62 bits per heavy atom. The van der Waals surface area contributed by atoms with Crippen molar-refractivity contribution in [2.45, 2.75) is 32.4 Å². The van der Waals surface area contributed by atoms with Crippen LogP contribution in [0.5, 0.6) is 11.5 Å². The van der Waals surface area contributed by atoms with Gasteiger partial charge in [-0.25, -0.2) is 4.79 Å². The number of benzene rings is 2. The first-order valence-corrected chi connectivity index (χ1v) is 12.3. The topological polar surface area (TPSA) is 129 Å². The van der Waals surface area contributed by atoms with Gasteiger partial charge in [-0.2, -0.15) is 0 Å². The second-order valence-electron chi connectivity index (χ2n) is 9.76. The van der Waals surface area contributed by atoms with E-state index >= 15 is 0 Å². The molecule has 1 spiro atoms. The Morgan fingerprint density at radius 2 is 1.84 bits per heavy atom. The fourth-order valence-electron chi connectivity index (χ4n) is 5.77.